The standard InChI is InChI=1S/C21H19N5O9S/c1-12(27)33-16-19(26-11-25-17-15(26)18(28)24-10-23-17)34-14(21(16,9-22)35-36(2,30)31)8-32-20(29)13-6-4-3-5-7-13/h3-7,10-11,14,16,19H,8H2,1-2H3,(H,23,24,28)/t14-,16+,19-,21-/m1/s1. The summed E-state index contributed by atoms with van der Waals surface area (Å²) in [7, 11) is -4.35. The van der Waals surface area contributed by atoms with Crippen molar-refractivity contribution in [1.29, 1.82) is 5.26 Å². The van der Waals surface area contributed by atoms with Crippen LogP contribution in [-0.4, -0.2) is 70.5 Å². The fraction of sp³-hybridized carbons (Fsp3) is 0.333. The quantitative estimate of drug-likeness (QED) is 0.327. The summed E-state index contributed by atoms with van der Waals surface area (Å²) >= 11 is 0. The highest BCUT2D eigenvalue weighted by molar-refractivity contribution is 7.86. The van der Waals surface area contributed by atoms with Crippen LogP contribution in [0.3, 0.4) is 0 Å². The van der Waals surface area contributed by atoms with Crippen LogP contribution in [0.15, 0.2) is 47.8 Å². The molecule has 14 nitrogen and oxygen atoms in total. The first kappa shape index (κ1) is 25.0. The maximum absolute atomic E-state index is 12.5. The average molecular weight is 517 g/mol. The van der Waals surface area contributed by atoms with E-state index in [4.69, 9.17) is 18.4 Å². The second-order valence-electron chi connectivity index (χ2n) is 7.76. The van der Waals surface area contributed by atoms with Gasteiger partial charge >= 0.3 is 11.9 Å². The zero-order valence-corrected chi connectivity index (χ0v) is 19.7. The second-order valence-corrected chi connectivity index (χ2v) is 9.33. The van der Waals surface area contributed by atoms with Crippen LogP contribution < -0.4 is 5.56 Å². The number of ether oxygens (including phenoxy) is 3. The molecule has 1 fully saturated rings. The number of carbonyl (C=O) groups is 2. The molecule has 1 N–H and O–H groups in total. The van der Waals surface area contributed by atoms with Gasteiger partial charge in [0, 0.05) is 6.92 Å². The van der Waals surface area contributed by atoms with Gasteiger partial charge in [-0.05, 0) is 12.1 Å². The molecule has 1 aliphatic rings. The maximum Gasteiger partial charge on any atom is 0.338 e. The molecular weight excluding hydrogens is 498 g/mol. The molecule has 1 aromatic carbocycles. The van der Waals surface area contributed by atoms with E-state index in [1.54, 1.807) is 24.3 Å². The summed E-state index contributed by atoms with van der Waals surface area (Å²) in [4.78, 5) is 47.3. The molecule has 0 spiro atoms. The summed E-state index contributed by atoms with van der Waals surface area (Å²) in [5.41, 5.74) is -3.03. The van der Waals surface area contributed by atoms with Gasteiger partial charge in [0.15, 0.2) is 23.5 Å². The Morgan fingerprint density at radius 2 is 2.00 bits per heavy atom. The summed E-state index contributed by atoms with van der Waals surface area (Å²) < 4.78 is 47.1. The number of aromatic amines is 1. The van der Waals surface area contributed by atoms with Crippen LogP contribution in [0.1, 0.15) is 23.5 Å². The van der Waals surface area contributed by atoms with Gasteiger partial charge in [-0.1, -0.05) is 18.2 Å². The normalized spacial score (nSPS) is 23.8. The SMILES string of the molecule is CC(=O)O[C@H]1[C@H](n2cnc3nc[nH]c(=O)c32)O[C@H](COC(=O)c2ccccc2)[C@@]1(C#N)OS(C)(=O)=O. The minimum absolute atomic E-state index is 0.00877. The highest BCUT2D eigenvalue weighted by atomic mass is 32.2. The summed E-state index contributed by atoms with van der Waals surface area (Å²) in [6.45, 7) is 0.370. The van der Waals surface area contributed by atoms with E-state index in [-0.39, 0.29) is 16.7 Å². The van der Waals surface area contributed by atoms with Crippen molar-refractivity contribution in [3.8, 4) is 6.07 Å². The van der Waals surface area contributed by atoms with Gasteiger partial charge in [0.2, 0.25) is 5.60 Å². The third-order valence-corrected chi connectivity index (χ3v) is 5.82. The van der Waals surface area contributed by atoms with Crippen LogP contribution in [0.4, 0.5) is 0 Å². The van der Waals surface area contributed by atoms with Crippen LogP contribution in [0.25, 0.3) is 11.2 Å². The van der Waals surface area contributed by atoms with E-state index in [0.29, 0.717) is 6.26 Å². The Balaban J connectivity index is 1.79. The van der Waals surface area contributed by atoms with E-state index in [0.717, 1.165) is 24.1 Å². The molecule has 0 saturated carbocycles. The molecule has 0 bridgehead atoms. The largest absolute Gasteiger partial charge is 0.459 e. The van der Waals surface area contributed by atoms with Crippen molar-refractivity contribution in [2.24, 2.45) is 0 Å². The van der Waals surface area contributed by atoms with Crippen LogP contribution in [0.5, 0.6) is 0 Å². The molecule has 3 heterocycles. The van der Waals surface area contributed by atoms with Gasteiger partial charge in [-0.15, -0.1) is 0 Å². The molecular formula is C21H19N5O9S. The lowest BCUT2D eigenvalue weighted by molar-refractivity contribution is -0.157. The van der Waals surface area contributed by atoms with Crippen LogP contribution in [0.2, 0.25) is 0 Å². The summed E-state index contributed by atoms with van der Waals surface area (Å²) in [5, 5.41) is 10.1. The second kappa shape index (κ2) is 9.49. The van der Waals surface area contributed by atoms with E-state index >= 15 is 0 Å². The van der Waals surface area contributed by atoms with Gasteiger partial charge < -0.3 is 19.2 Å². The number of carbonyl (C=O) groups excluding carboxylic acids is 2. The molecule has 1 saturated heterocycles. The Morgan fingerprint density at radius 1 is 1.28 bits per heavy atom. The monoisotopic (exact) mass is 517 g/mol. The third kappa shape index (κ3) is 4.69. The Kier molecular flexibility index (Phi) is 6.59. The lowest BCUT2D eigenvalue weighted by Crippen LogP contribution is -2.53. The number of hydrogen-bond donors (Lipinski definition) is 1. The lowest BCUT2D eigenvalue weighted by Gasteiger charge is -2.30. The van der Waals surface area contributed by atoms with Crippen molar-refractivity contribution in [3.05, 3.63) is 58.9 Å². The van der Waals surface area contributed by atoms with Crippen molar-refractivity contribution in [2.45, 2.75) is 31.0 Å². The number of rotatable bonds is 7. The lowest BCUT2D eigenvalue weighted by atomic mass is 9.93. The van der Waals surface area contributed by atoms with E-state index in [1.807, 2.05) is 0 Å². The number of imidazole rings is 1. The van der Waals surface area contributed by atoms with Gasteiger partial charge in [-0.2, -0.15) is 13.7 Å². The van der Waals surface area contributed by atoms with Crippen molar-refractivity contribution in [1.82, 2.24) is 19.5 Å². The smallest absolute Gasteiger partial charge is 0.338 e. The van der Waals surface area contributed by atoms with Crippen molar-refractivity contribution < 1.29 is 36.4 Å². The van der Waals surface area contributed by atoms with Gasteiger partial charge in [-0.25, -0.2) is 18.9 Å². The summed E-state index contributed by atoms with van der Waals surface area (Å²) in [5.74, 6) is -1.68. The molecule has 188 valence electrons. The number of nitriles is 1. The number of H-pyrrole nitrogens is 1. The molecule has 0 aliphatic carbocycles. The predicted molar refractivity (Wildman–Crippen MR) is 119 cm³/mol. The highest BCUT2D eigenvalue weighted by Gasteiger charge is 2.64. The van der Waals surface area contributed by atoms with Gasteiger partial charge in [0.1, 0.15) is 25.1 Å². The summed E-state index contributed by atoms with van der Waals surface area (Å²) in [6.07, 6.45) is -1.82. The van der Waals surface area contributed by atoms with E-state index in [2.05, 4.69) is 15.0 Å². The molecule has 0 amide bonds. The highest BCUT2D eigenvalue weighted by Crippen LogP contribution is 2.43. The van der Waals surface area contributed by atoms with Crippen LogP contribution >= 0.6 is 0 Å². The molecule has 1 aliphatic heterocycles. The molecule has 4 rings (SSSR count). The van der Waals surface area contributed by atoms with Crippen molar-refractivity contribution >= 4 is 33.2 Å². The first-order valence-electron chi connectivity index (χ1n) is 10.3. The Bertz CT molecular complexity index is 1510. The van der Waals surface area contributed by atoms with Crippen molar-refractivity contribution in [2.75, 3.05) is 12.9 Å². The van der Waals surface area contributed by atoms with E-state index in [9.17, 15) is 28.1 Å². The van der Waals surface area contributed by atoms with Gasteiger partial charge in [-0.3, -0.25) is 14.2 Å². The molecule has 0 radical (unpaired) electrons. The van der Waals surface area contributed by atoms with Crippen LogP contribution in [0, 0.1) is 11.3 Å². The number of aromatic nitrogens is 4. The van der Waals surface area contributed by atoms with E-state index < -0.39 is 58.3 Å². The number of esters is 2. The van der Waals surface area contributed by atoms with Gasteiger partial charge in [0.25, 0.3) is 15.7 Å². The van der Waals surface area contributed by atoms with E-state index in [1.165, 1.54) is 12.1 Å². The number of fused-ring (bicyclic) bond motifs is 1. The number of nitrogens with one attached hydrogen (secondary N) is 1. The molecule has 4 atom stereocenters. The summed E-state index contributed by atoms with van der Waals surface area (Å²) in [6, 6.07) is 9.62. The zero-order valence-electron chi connectivity index (χ0n) is 18.9. The number of nitrogens with zero attached hydrogens (tertiary/aromatic N) is 4. The predicted octanol–water partition coefficient (Wildman–Crippen LogP) is 0.0443. The first-order valence-corrected chi connectivity index (χ1v) is 12.1. The maximum atomic E-state index is 12.5. The molecule has 15 heteroatoms. The molecule has 0 unspecified atom stereocenters. The zero-order chi connectivity index (χ0) is 26.1. The fourth-order valence-corrected chi connectivity index (χ4v) is 4.57. The topological polar surface area (TPSA) is 193 Å². The van der Waals surface area contributed by atoms with Crippen molar-refractivity contribution in [3.63, 3.8) is 0 Å². The Hall–Kier alpha value is -4.13. The third-order valence-electron chi connectivity index (χ3n) is 5.24. The number of hydrogen-bond acceptors (Lipinski definition) is 12. The van der Waals surface area contributed by atoms with Gasteiger partial charge in [0.05, 0.1) is 18.1 Å². The Morgan fingerprint density at radius 3 is 2.64 bits per heavy atom. The molecule has 3 aromatic rings. The first-order chi connectivity index (χ1) is 17.1. The molecule has 36 heavy (non-hydrogen) atoms. The van der Waals surface area contributed by atoms with Crippen LogP contribution in [-0.2, 0) is 33.3 Å². The number of benzene rings is 1. The minimum Gasteiger partial charge on any atom is -0.459 e. The average Bonchev–Trinajstić information content (AvgIpc) is 3.37. The molecule has 2 aromatic heterocycles. The minimum atomic E-state index is -4.35. The fourth-order valence-electron chi connectivity index (χ4n) is 3.83. The Labute approximate surface area is 203 Å².